The van der Waals surface area contributed by atoms with Crippen molar-refractivity contribution in [3.63, 3.8) is 0 Å². The summed E-state index contributed by atoms with van der Waals surface area (Å²) in [4.78, 5) is 0. The maximum absolute atomic E-state index is 9.06. The Morgan fingerprint density at radius 2 is 2.06 bits per heavy atom. The first kappa shape index (κ1) is 12.3. The van der Waals surface area contributed by atoms with E-state index in [0.29, 0.717) is 24.4 Å². The van der Waals surface area contributed by atoms with Crippen LogP contribution in [0.5, 0.6) is 0 Å². The van der Waals surface area contributed by atoms with E-state index in [4.69, 9.17) is 10.4 Å². The van der Waals surface area contributed by atoms with Crippen molar-refractivity contribution in [1.82, 2.24) is 15.0 Å². The minimum Gasteiger partial charge on any atom is -0.396 e. The van der Waals surface area contributed by atoms with Crippen LogP contribution in [0.15, 0.2) is 24.3 Å². The zero-order chi connectivity index (χ0) is 13.0. The van der Waals surface area contributed by atoms with Gasteiger partial charge in [0.25, 0.3) is 0 Å². The van der Waals surface area contributed by atoms with Crippen LogP contribution in [0.2, 0.25) is 0 Å². The third kappa shape index (κ3) is 2.39. The molecule has 0 aliphatic rings. The largest absolute Gasteiger partial charge is 0.396 e. The lowest BCUT2D eigenvalue weighted by Crippen LogP contribution is -2.04. The van der Waals surface area contributed by atoms with Gasteiger partial charge in [-0.2, -0.15) is 5.26 Å². The molecule has 0 unspecified atom stereocenters. The summed E-state index contributed by atoms with van der Waals surface area (Å²) in [6.45, 7) is 2.65. The molecule has 5 nitrogen and oxygen atoms in total. The topological polar surface area (TPSA) is 74.7 Å². The quantitative estimate of drug-likeness (QED) is 0.881. The highest BCUT2D eigenvalue weighted by Crippen LogP contribution is 2.22. The summed E-state index contributed by atoms with van der Waals surface area (Å²) in [5.41, 5.74) is 3.11. The summed E-state index contributed by atoms with van der Waals surface area (Å²) in [6.07, 6.45) is 0.590. The zero-order valence-corrected chi connectivity index (χ0v) is 10.2. The fourth-order valence-corrected chi connectivity index (χ4v) is 1.76. The molecule has 0 atom stereocenters. The third-order valence-corrected chi connectivity index (χ3v) is 2.69. The number of benzene rings is 1. The second-order valence-electron chi connectivity index (χ2n) is 4.06. The van der Waals surface area contributed by atoms with Crippen LogP contribution in [0.4, 0.5) is 0 Å². The van der Waals surface area contributed by atoms with Crippen LogP contribution in [0.25, 0.3) is 11.3 Å². The Hall–Kier alpha value is -2.19. The van der Waals surface area contributed by atoms with E-state index in [1.807, 2.05) is 37.3 Å². The lowest BCUT2D eigenvalue weighted by atomic mass is 10.1. The average molecular weight is 242 g/mol. The molecule has 2 rings (SSSR count). The Bertz CT molecular complexity index is 566. The van der Waals surface area contributed by atoms with E-state index in [-0.39, 0.29) is 6.61 Å². The van der Waals surface area contributed by atoms with Crippen LogP contribution in [0, 0.1) is 18.3 Å². The fraction of sp³-hybridized carbons (Fsp3) is 0.308. The van der Waals surface area contributed by atoms with Crippen molar-refractivity contribution >= 4 is 0 Å². The second-order valence-corrected chi connectivity index (χ2v) is 4.06. The van der Waals surface area contributed by atoms with Gasteiger partial charge >= 0.3 is 0 Å². The van der Waals surface area contributed by atoms with Crippen molar-refractivity contribution < 1.29 is 5.11 Å². The number of aliphatic hydroxyl groups is 1. The molecule has 5 heteroatoms. The molecule has 1 heterocycles. The van der Waals surface area contributed by atoms with E-state index < -0.39 is 0 Å². The molecule has 92 valence electrons. The lowest BCUT2D eigenvalue weighted by molar-refractivity contribution is 0.276. The third-order valence-electron chi connectivity index (χ3n) is 2.69. The van der Waals surface area contributed by atoms with Crippen LogP contribution >= 0.6 is 0 Å². The minimum absolute atomic E-state index is 0.0923. The van der Waals surface area contributed by atoms with Gasteiger partial charge in [-0.05, 0) is 13.3 Å². The Kier molecular flexibility index (Phi) is 3.70. The predicted octanol–water partition coefficient (Wildman–Crippen LogP) is 1.51. The van der Waals surface area contributed by atoms with Crippen molar-refractivity contribution in [2.75, 3.05) is 6.61 Å². The van der Waals surface area contributed by atoms with Crippen LogP contribution in [-0.2, 0) is 6.54 Å². The summed E-state index contributed by atoms with van der Waals surface area (Å²) in [5.74, 6) is 0. The van der Waals surface area contributed by atoms with Crippen molar-refractivity contribution in [3.05, 3.63) is 35.5 Å². The predicted molar refractivity (Wildman–Crippen MR) is 66.6 cm³/mol. The molecule has 0 amide bonds. The second kappa shape index (κ2) is 5.43. The van der Waals surface area contributed by atoms with Crippen molar-refractivity contribution in [2.45, 2.75) is 19.9 Å². The molecule has 1 N–H and O–H groups in total. The average Bonchev–Trinajstić information content (AvgIpc) is 2.80. The van der Waals surface area contributed by atoms with Crippen LogP contribution < -0.4 is 0 Å². The number of aryl methyl sites for hydroxylation is 2. The smallest absolute Gasteiger partial charge is 0.190 e. The van der Waals surface area contributed by atoms with Gasteiger partial charge in [0.05, 0.1) is 0 Å². The summed E-state index contributed by atoms with van der Waals surface area (Å²) in [6, 6.07) is 9.92. The number of rotatable bonds is 4. The van der Waals surface area contributed by atoms with E-state index in [2.05, 4.69) is 10.3 Å². The van der Waals surface area contributed by atoms with E-state index >= 15 is 0 Å². The van der Waals surface area contributed by atoms with E-state index in [9.17, 15) is 0 Å². The lowest BCUT2D eigenvalue weighted by Gasteiger charge is -2.06. The number of hydrogen-bond acceptors (Lipinski definition) is 4. The van der Waals surface area contributed by atoms with E-state index in [0.717, 1.165) is 11.1 Å². The minimum atomic E-state index is 0.0923. The molecule has 18 heavy (non-hydrogen) atoms. The fourth-order valence-electron chi connectivity index (χ4n) is 1.76. The molecule has 1 aromatic carbocycles. The number of nitrogens with zero attached hydrogens (tertiary/aromatic N) is 4. The van der Waals surface area contributed by atoms with Gasteiger partial charge in [-0.25, -0.2) is 4.68 Å². The standard InChI is InChI=1S/C13H14N4O/c1-10-3-5-11(6-4-10)13-12(9-14)15-16-17(13)7-2-8-18/h3-6,18H,2,7-8H2,1H3. The Balaban J connectivity index is 2.44. The zero-order valence-electron chi connectivity index (χ0n) is 10.2. The molecule has 1 aromatic heterocycles. The van der Waals surface area contributed by atoms with E-state index in [1.54, 1.807) is 4.68 Å². The molecule has 0 bridgehead atoms. The maximum atomic E-state index is 9.06. The molecule has 0 saturated heterocycles. The summed E-state index contributed by atoms with van der Waals surface area (Å²) in [5, 5.41) is 25.7. The van der Waals surface area contributed by atoms with Gasteiger partial charge in [-0.3, -0.25) is 0 Å². The molecule has 0 saturated carbocycles. The van der Waals surface area contributed by atoms with Gasteiger partial charge in [0.15, 0.2) is 5.69 Å². The van der Waals surface area contributed by atoms with Gasteiger partial charge in [0, 0.05) is 18.7 Å². The number of aliphatic hydroxyl groups excluding tert-OH is 1. The number of nitriles is 1. The normalized spacial score (nSPS) is 10.3. The van der Waals surface area contributed by atoms with Gasteiger partial charge in [-0.1, -0.05) is 35.0 Å². The summed E-state index contributed by atoms with van der Waals surface area (Å²) < 4.78 is 1.67. The summed E-state index contributed by atoms with van der Waals surface area (Å²) >= 11 is 0. The molecule has 0 radical (unpaired) electrons. The molecule has 2 aromatic rings. The molecule has 0 aliphatic heterocycles. The monoisotopic (exact) mass is 242 g/mol. The number of hydrogen-bond donors (Lipinski definition) is 1. The van der Waals surface area contributed by atoms with Crippen LogP contribution in [-0.4, -0.2) is 26.7 Å². The molecule has 0 aliphatic carbocycles. The maximum Gasteiger partial charge on any atom is 0.190 e. The van der Waals surface area contributed by atoms with Gasteiger partial charge in [0.1, 0.15) is 11.8 Å². The molecule has 0 fully saturated rings. The first-order valence-electron chi connectivity index (χ1n) is 5.77. The van der Waals surface area contributed by atoms with E-state index in [1.165, 1.54) is 0 Å². The summed E-state index contributed by atoms with van der Waals surface area (Å²) in [7, 11) is 0. The highest BCUT2D eigenvalue weighted by Gasteiger charge is 2.14. The Morgan fingerprint density at radius 3 is 2.67 bits per heavy atom. The van der Waals surface area contributed by atoms with Gasteiger partial charge in [0.2, 0.25) is 0 Å². The van der Waals surface area contributed by atoms with Gasteiger partial charge < -0.3 is 5.11 Å². The molecular weight excluding hydrogens is 228 g/mol. The first-order valence-corrected chi connectivity index (χ1v) is 5.77. The molecular formula is C13H14N4O. The van der Waals surface area contributed by atoms with Crippen molar-refractivity contribution in [1.29, 1.82) is 5.26 Å². The van der Waals surface area contributed by atoms with Crippen molar-refractivity contribution in [2.24, 2.45) is 0 Å². The van der Waals surface area contributed by atoms with Crippen LogP contribution in [0.3, 0.4) is 0 Å². The highest BCUT2D eigenvalue weighted by atomic mass is 16.3. The first-order chi connectivity index (χ1) is 8.76. The highest BCUT2D eigenvalue weighted by molar-refractivity contribution is 5.65. The van der Waals surface area contributed by atoms with Gasteiger partial charge in [-0.15, -0.1) is 5.10 Å². The SMILES string of the molecule is Cc1ccc(-c2c(C#N)nnn2CCCO)cc1. The Morgan fingerprint density at radius 1 is 1.33 bits per heavy atom. The molecule has 0 spiro atoms. The number of aromatic nitrogens is 3. The Labute approximate surface area is 105 Å². The van der Waals surface area contributed by atoms with Crippen molar-refractivity contribution in [3.8, 4) is 17.3 Å². The van der Waals surface area contributed by atoms with Crippen LogP contribution in [0.1, 0.15) is 17.7 Å².